The highest BCUT2D eigenvalue weighted by Gasteiger charge is 2.10. The van der Waals surface area contributed by atoms with E-state index in [0.717, 1.165) is 0 Å². The molecule has 0 fully saturated rings. The highest BCUT2D eigenvalue weighted by molar-refractivity contribution is 6.02. The van der Waals surface area contributed by atoms with Gasteiger partial charge >= 0.3 is 0 Å². The maximum atomic E-state index is 12.1. The number of halogens is 2. The second kappa shape index (κ2) is 7.08. The van der Waals surface area contributed by atoms with Crippen LogP contribution in [-0.2, 0) is 0 Å². The van der Waals surface area contributed by atoms with Crippen LogP contribution in [0.1, 0.15) is 16.1 Å². The number of hydrogen-bond acceptors (Lipinski definition) is 5. The van der Waals surface area contributed by atoms with Crippen LogP contribution >= 0.6 is 0 Å². The molecule has 1 N–H and O–H groups in total. The van der Waals surface area contributed by atoms with Gasteiger partial charge in [0.05, 0.1) is 5.56 Å². The second-order valence-corrected chi connectivity index (χ2v) is 4.06. The number of anilines is 1. The average molecular weight is 304 g/mol. The first-order chi connectivity index (χ1) is 10.6. The van der Waals surface area contributed by atoms with E-state index in [1.54, 1.807) is 0 Å². The molecule has 2 aromatic rings. The van der Waals surface area contributed by atoms with Gasteiger partial charge in [-0.3, -0.25) is 4.79 Å². The summed E-state index contributed by atoms with van der Waals surface area (Å²) >= 11 is 0. The second-order valence-electron chi connectivity index (χ2n) is 4.06. The molecule has 0 aliphatic heterocycles. The van der Waals surface area contributed by atoms with Crippen molar-refractivity contribution < 1.29 is 18.3 Å². The quantitative estimate of drug-likeness (QED) is 0.915. The Morgan fingerprint density at radius 3 is 2.82 bits per heavy atom. The highest BCUT2D eigenvalue weighted by atomic mass is 19.3. The van der Waals surface area contributed by atoms with Crippen molar-refractivity contribution in [2.45, 2.75) is 6.43 Å². The molecular formula is C14H10F2N4O2. The van der Waals surface area contributed by atoms with Crippen molar-refractivity contribution in [3.63, 3.8) is 0 Å². The number of amides is 1. The summed E-state index contributed by atoms with van der Waals surface area (Å²) in [5, 5.41) is 11.1. The zero-order chi connectivity index (χ0) is 15.9. The standard InChI is InChI=1S/C14H10F2N4O2/c15-11(16)8-22-13-3-1-2-12(19-13)20-14(21)10-5-4-9(6-17)7-18-10/h1-5,7,11H,8H2,(H,19,20,21). The van der Waals surface area contributed by atoms with Crippen LogP contribution in [0.25, 0.3) is 0 Å². The van der Waals surface area contributed by atoms with Crippen molar-refractivity contribution in [2.24, 2.45) is 0 Å². The Morgan fingerprint density at radius 2 is 2.18 bits per heavy atom. The van der Waals surface area contributed by atoms with E-state index < -0.39 is 18.9 Å². The van der Waals surface area contributed by atoms with Gasteiger partial charge in [-0.2, -0.15) is 10.2 Å². The van der Waals surface area contributed by atoms with Crippen LogP contribution in [0.5, 0.6) is 5.88 Å². The lowest BCUT2D eigenvalue weighted by atomic mass is 10.2. The van der Waals surface area contributed by atoms with Crippen LogP contribution in [0.4, 0.5) is 14.6 Å². The van der Waals surface area contributed by atoms with Crippen molar-refractivity contribution >= 4 is 11.7 Å². The first-order valence-electron chi connectivity index (χ1n) is 6.14. The van der Waals surface area contributed by atoms with Gasteiger partial charge in [-0.05, 0) is 18.2 Å². The molecule has 0 aromatic carbocycles. The number of nitriles is 1. The molecular weight excluding hydrogens is 294 g/mol. The van der Waals surface area contributed by atoms with E-state index in [2.05, 4.69) is 15.3 Å². The van der Waals surface area contributed by atoms with Gasteiger partial charge in [0.15, 0.2) is 6.61 Å². The third-order valence-electron chi connectivity index (χ3n) is 2.45. The van der Waals surface area contributed by atoms with E-state index in [4.69, 9.17) is 10.00 Å². The van der Waals surface area contributed by atoms with Crippen LogP contribution in [-0.4, -0.2) is 28.9 Å². The summed E-state index contributed by atoms with van der Waals surface area (Å²) in [6, 6.07) is 9.13. The van der Waals surface area contributed by atoms with Crippen LogP contribution in [0.3, 0.4) is 0 Å². The van der Waals surface area contributed by atoms with Crippen molar-refractivity contribution in [3.8, 4) is 11.9 Å². The van der Waals surface area contributed by atoms with Gasteiger partial charge in [-0.25, -0.2) is 13.8 Å². The number of ether oxygens (including phenoxy) is 1. The van der Waals surface area contributed by atoms with Gasteiger partial charge in [0, 0.05) is 12.3 Å². The molecule has 0 saturated carbocycles. The SMILES string of the molecule is N#Cc1ccc(C(=O)Nc2cccc(OCC(F)F)n2)nc1. The number of pyridine rings is 2. The molecule has 0 spiro atoms. The lowest BCUT2D eigenvalue weighted by Gasteiger charge is -2.07. The Bertz CT molecular complexity index is 699. The predicted molar refractivity (Wildman–Crippen MR) is 72.6 cm³/mol. The molecule has 8 heteroatoms. The zero-order valence-corrected chi connectivity index (χ0v) is 11.2. The van der Waals surface area contributed by atoms with E-state index in [-0.39, 0.29) is 17.4 Å². The summed E-state index contributed by atoms with van der Waals surface area (Å²) in [7, 11) is 0. The lowest BCUT2D eigenvalue weighted by molar-refractivity contribution is 0.0796. The number of nitrogens with zero attached hydrogens (tertiary/aromatic N) is 3. The fourth-order valence-corrected chi connectivity index (χ4v) is 1.49. The first kappa shape index (κ1) is 15.3. The van der Waals surface area contributed by atoms with E-state index in [1.165, 1.54) is 36.5 Å². The molecule has 0 aliphatic carbocycles. The van der Waals surface area contributed by atoms with Gasteiger partial charge in [0.2, 0.25) is 5.88 Å². The Hall–Kier alpha value is -3.08. The number of rotatable bonds is 5. The molecule has 2 aromatic heterocycles. The molecule has 0 radical (unpaired) electrons. The monoisotopic (exact) mass is 304 g/mol. The fraction of sp³-hybridized carbons (Fsp3) is 0.143. The molecule has 0 unspecified atom stereocenters. The Balaban J connectivity index is 2.04. The number of alkyl halides is 2. The molecule has 0 aliphatic rings. The maximum Gasteiger partial charge on any atom is 0.275 e. The summed E-state index contributed by atoms with van der Waals surface area (Å²) in [6.45, 7) is -0.776. The topological polar surface area (TPSA) is 87.9 Å². The normalized spacial score (nSPS) is 10.1. The number of nitrogens with one attached hydrogen (secondary N) is 1. The number of carbonyl (C=O) groups excluding carboxylic acids is 1. The number of aromatic nitrogens is 2. The maximum absolute atomic E-state index is 12.1. The molecule has 0 bridgehead atoms. The average Bonchev–Trinajstić information content (AvgIpc) is 2.53. The molecule has 0 atom stereocenters. The minimum atomic E-state index is -2.61. The summed E-state index contributed by atoms with van der Waals surface area (Å²) in [5.74, 6) is -0.420. The van der Waals surface area contributed by atoms with Crippen LogP contribution in [0.2, 0.25) is 0 Å². The van der Waals surface area contributed by atoms with E-state index in [9.17, 15) is 13.6 Å². The smallest absolute Gasteiger partial charge is 0.275 e. The van der Waals surface area contributed by atoms with Gasteiger partial charge in [0.1, 0.15) is 17.6 Å². The van der Waals surface area contributed by atoms with Gasteiger partial charge in [0.25, 0.3) is 12.3 Å². The van der Waals surface area contributed by atoms with Gasteiger partial charge in [-0.15, -0.1) is 0 Å². The third kappa shape index (κ3) is 4.21. The van der Waals surface area contributed by atoms with Crippen molar-refractivity contribution in [3.05, 3.63) is 47.8 Å². The minimum Gasteiger partial charge on any atom is -0.472 e. The molecule has 0 saturated heterocycles. The Kier molecular flexibility index (Phi) is 4.93. The predicted octanol–water partition coefficient (Wildman–Crippen LogP) is 2.24. The minimum absolute atomic E-state index is 0.0223. The molecule has 22 heavy (non-hydrogen) atoms. The van der Waals surface area contributed by atoms with Gasteiger partial charge in [-0.1, -0.05) is 6.07 Å². The molecule has 2 heterocycles. The largest absolute Gasteiger partial charge is 0.472 e. The van der Waals surface area contributed by atoms with Crippen LogP contribution < -0.4 is 10.1 Å². The zero-order valence-electron chi connectivity index (χ0n) is 11.2. The molecule has 112 valence electrons. The van der Waals surface area contributed by atoms with Crippen LogP contribution in [0.15, 0.2) is 36.5 Å². The summed E-state index contributed by atoms with van der Waals surface area (Å²) in [6.07, 6.45) is -1.34. The van der Waals surface area contributed by atoms with Crippen LogP contribution in [0, 0.1) is 11.3 Å². The van der Waals surface area contributed by atoms with Crippen molar-refractivity contribution in [2.75, 3.05) is 11.9 Å². The summed E-state index contributed by atoms with van der Waals surface area (Å²) in [4.78, 5) is 19.6. The molecule has 2 rings (SSSR count). The van der Waals surface area contributed by atoms with E-state index in [1.807, 2.05) is 6.07 Å². The molecule has 6 nitrogen and oxygen atoms in total. The Labute approximate surface area is 124 Å². The molecule has 1 amide bonds. The van der Waals surface area contributed by atoms with Crippen molar-refractivity contribution in [1.29, 1.82) is 5.26 Å². The van der Waals surface area contributed by atoms with E-state index >= 15 is 0 Å². The summed E-state index contributed by atoms with van der Waals surface area (Å²) < 4.78 is 28.9. The van der Waals surface area contributed by atoms with E-state index in [0.29, 0.717) is 5.56 Å². The van der Waals surface area contributed by atoms with Crippen molar-refractivity contribution in [1.82, 2.24) is 9.97 Å². The fourth-order valence-electron chi connectivity index (χ4n) is 1.49. The number of carbonyl (C=O) groups is 1. The lowest BCUT2D eigenvalue weighted by Crippen LogP contribution is -2.15. The number of hydrogen-bond donors (Lipinski definition) is 1. The third-order valence-corrected chi connectivity index (χ3v) is 2.45. The Morgan fingerprint density at radius 1 is 1.36 bits per heavy atom. The van der Waals surface area contributed by atoms with Gasteiger partial charge < -0.3 is 10.1 Å². The highest BCUT2D eigenvalue weighted by Crippen LogP contribution is 2.13. The summed E-state index contributed by atoms with van der Waals surface area (Å²) in [5.41, 5.74) is 0.428. The first-order valence-corrected chi connectivity index (χ1v) is 6.14.